The molecule has 162 valence electrons. The molecule has 0 bridgehead atoms. The van der Waals surface area contributed by atoms with Crippen LogP contribution in [-0.4, -0.2) is 28.3 Å². The molecule has 1 aromatic heterocycles. The minimum absolute atomic E-state index is 0.0518. The molecule has 0 radical (unpaired) electrons. The van der Waals surface area contributed by atoms with Crippen molar-refractivity contribution in [1.82, 2.24) is 15.3 Å². The van der Waals surface area contributed by atoms with Gasteiger partial charge in [0.25, 0.3) is 5.56 Å². The molecule has 9 heteroatoms. The highest BCUT2D eigenvalue weighted by Crippen LogP contribution is 2.23. The molecular weight excluding hydrogens is 434 g/mol. The van der Waals surface area contributed by atoms with E-state index in [0.717, 1.165) is 29.8 Å². The Bertz CT molecular complexity index is 1120. The molecule has 0 unspecified atom stereocenters. The van der Waals surface area contributed by atoms with Crippen molar-refractivity contribution in [1.29, 1.82) is 0 Å². The Morgan fingerprint density at radius 3 is 2.71 bits per heavy atom. The maximum Gasteiger partial charge on any atom is 0.326 e. The van der Waals surface area contributed by atoms with Gasteiger partial charge in [-0.1, -0.05) is 41.9 Å². The van der Waals surface area contributed by atoms with Gasteiger partial charge in [0.1, 0.15) is 0 Å². The molecule has 0 aliphatic heterocycles. The molecular formula is C22H24ClN5O2S. The van der Waals surface area contributed by atoms with Crippen LogP contribution in [0.3, 0.4) is 0 Å². The van der Waals surface area contributed by atoms with Crippen LogP contribution < -0.4 is 21.5 Å². The van der Waals surface area contributed by atoms with Gasteiger partial charge in [-0.25, -0.2) is 4.79 Å². The number of hydrogen-bond donors (Lipinski definition) is 5. The normalized spacial score (nSPS) is 10.7. The zero-order valence-corrected chi connectivity index (χ0v) is 18.7. The van der Waals surface area contributed by atoms with Crippen LogP contribution in [0, 0.1) is 6.92 Å². The number of nitrogens with one attached hydrogen (secondary N) is 4. The predicted octanol–water partition coefficient (Wildman–Crippen LogP) is 4.45. The summed E-state index contributed by atoms with van der Waals surface area (Å²) < 4.78 is 0. The molecule has 7 nitrogen and oxygen atoms in total. The van der Waals surface area contributed by atoms with E-state index < -0.39 is 11.6 Å². The van der Waals surface area contributed by atoms with E-state index in [1.54, 1.807) is 12.1 Å². The molecule has 1 heterocycles. The van der Waals surface area contributed by atoms with Crippen molar-refractivity contribution in [3.05, 3.63) is 75.2 Å². The van der Waals surface area contributed by atoms with Gasteiger partial charge in [-0.3, -0.25) is 10.1 Å². The van der Waals surface area contributed by atoms with Crippen LogP contribution in [-0.2, 0) is 6.54 Å². The van der Waals surface area contributed by atoms with E-state index in [4.69, 9.17) is 11.6 Å². The fourth-order valence-electron chi connectivity index (χ4n) is 2.93. The largest absolute Gasteiger partial charge is 0.331 e. The summed E-state index contributed by atoms with van der Waals surface area (Å²) in [4.78, 5) is 31.5. The van der Waals surface area contributed by atoms with Crippen LogP contribution in [0.15, 0.2) is 53.5 Å². The zero-order valence-electron chi connectivity index (χ0n) is 17.0. The predicted molar refractivity (Wildman–Crippen MR) is 129 cm³/mol. The molecule has 3 aromatic rings. The van der Waals surface area contributed by atoms with Crippen molar-refractivity contribution < 1.29 is 4.79 Å². The molecule has 0 spiro atoms. The van der Waals surface area contributed by atoms with Crippen molar-refractivity contribution in [3.63, 3.8) is 0 Å². The van der Waals surface area contributed by atoms with E-state index in [2.05, 4.69) is 38.5 Å². The highest BCUT2D eigenvalue weighted by molar-refractivity contribution is 7.80. The highest BCUT2D eigenvalue weighted by atomic mass is 35.5. The zero-order chi connectivity index (χ0) is 22.2. The van der Waals surface area contributed by atoms with Crippen LogP contribution in [0.5, 0.6) is 0 Å². The summed E-state index contributed by atoms with van der Waals surface area (Å²) in [7, 11) is 0. The molecule has 2 amide bonds. The van der Waals surface area contributed by atoms with Gasteiger partial charge in [0.2, 0.25) is 5.95 Å². The first-order chi connectivity index (χ1) is 15.0. The molecule has 2 aromatic carbocycles. The number of amides is 2. The van der Waals surface area contributed by atoms with Gasteiger partial charge in [-0.15, -0.1) is 0 Å². The molecule has 3 rings (SSSR count). The fraction of sp³-hybridized carbons (Fsp3) is 0.227. The first-order valence-electron chi connectivity index (χ1n) is 9.81. The van der Waals surface area contributed by atoms with Crippen LogP contribution in [0.2, 0.25) is 5.02 Å². The lowest BCUT2D eigenvalue weighted by molar-refractivity contribution is 0.262. The number of halogens is 1. The Kier molecular flexibility index (Phi) is 8.11. The Morgan fingerprint density at radius 2 is 2.00 bits per heavy atom. The molecule has 0 saturated heterocycles. The van der Waals surface area contributed by atoms with E-state index >= 15 is 0 Å². The number of rotatable bonds is 8. The van der Waals surface area contributed by atoms with Crippen molar-refractivity contribution in [3.8, 4) is 11.1 Å². The molecule has 0 saturated carbocycles. The van der Waals surface area contributed by atoms with Crippen LogP contribution in [0.4, 0.5) is 16.4 Å². The third-order valence-corrected chi connectivity index (χ3v) is 5.28. The molecule has 0 atom stereocenters. The smallest absolute Gasteiger partial charge is 0.326 e. The summed E-state index contributed by atoms with van der Waals surface area (Å²) in [6.45, 7) is 3.39. The number of carbonyl (C=O) groups is 1. The molecule has 4 N–H and O–H groups in total. The average molecular weight is 458 g/mol. The number of thiol groups is 1. The summed E-state index contributed by atoms with van der Waals surface area (Å²) >= 11 is 10.6. The lowest BCUT2D eigenvalue weighted by atomic mass is 10.1. The van der Waals surface area contributed by atoms with Gasteiger partial charge < -0.3 is 15.6 Å². The quantitative estimate of drug-likeness (QED) is 0.255. The standard InChI is InChI=1S/C22H24ClN5O2S/c1-14-5-2-3-6-19(14)26-22(30)28-21-25-13-17(20(29)27-21)15-7-8-16(18(23)11-15)12-24-9-4-10-31/h2-3,5-8,11,13,24,31H,4,9-10,12H2,1H3,(H3,25,26,27,28,29,30). The fourth-order valence-corrected chi connectivity index (χ4v) is 3.33. The third kappa shape index (κ3) is 6.33. The van der Waals surface area contributed by atoms with E-state index in [9.17, 15) is 9.59 Å². The Hall–Kier alpha value is -2.81. The number of carbonyl (C=O) groups excluding carboxylic acids is 1. The minimum Gasteiger partial charge on any atom is -0.331 e. The average Bonchev–Trinajstić information content (AvgIpc) is 2.74. The van der Waals surface area contributed by atoms with Crippen LogP contribution >= 0.6 is 24.2 Å². The second-order valence-corrected chi connectivity index (χ2v) is 7.78. The second kappa shape index (κ2) is 11.0. The van der Waals surface area contributed by atoms with Gasteiger partial charge >= 0.3 is 6.03 Å². The van der Waals surface area contributed by atoms with E-state index in [-0.39, 0.29) is 5.95 Å². The Labute approximate surface area is 191 Å². The third-order valence-electron chi connectivity index (χ3n) is 4.61. The SMILES string of the molecule is Cc1ccccc1NC(=O)Nc1nc(=O)c(-c2ccc(CNCCCS)c(Cl)c2)c[nH]1. The van der Waals surface area contributed by atoms with Crippen LogP contribution in [0.1, 0.15) is 17.5 Å². The van der Waals surface area contributed by atoms with Gasteiger partial charge in [-0.2, -0.15) is 17.6 Å². The summed E-state index contributed by atoms with van der Waals surface area (Å²) in [6, 6.07) is 12.3. The minimum atomic E-state index is -0.497. The lowest BCUT2D eigenvalue weighted by Gasteiger charge is -2.10. The van der Waals surface area contributed by atoms with Crippen molar-refractivity contribution >= 4 is 41.9 Å². The van der Waals surface area contributed by atoms with Gasteiger partial charge in [0, 0.05) is 23.5 Å². The topological polar surface area (TPSA) is 98.9 Å². The van der Waals surface area contributed by atoms with Gasteiger partial charge in [0.15, 0.2) is 0 Å². The first-order valence-corrected chi connectivity index (χ1v) is 10.8. The lowest BCUT2D eigenvalue weighted by Crippen LogP contribution is -2.23. The maximum atomic E-state index is 12.5. The summed E-state index contributed by atoms with van der Waals surface area (Å²) in [5.74, 6) is 0.879. The molecule has 0 fully saturated rings. The molecule has 0 aliphatic carbocycles. The number of benzene rings is 2. The summed E-state index contributed by atoms with van der Waals surface area (Å²) in [5.41, 5.74) is 3.08. The van der Waals surface area contributed by atoms with Gasteiger partial charge in [-0.05, 0) is 54.5 Å². The van der Waals surface area contributed by atoms with Crippen molar-refractivity contribution in [2.45, 2.75) is 19.9 Å². The van der Waals surface area contributed by atoms with Crippen molar-refractivity contribution in [2.24, 2.45) is 0 Å². The number of anilines is 2. The number of aromatic nitrogens is 2. The second-order valence-electron chi connectivity index (χ2n) is 6.92. The van der Waals surface area contributed by atoms with E-state index in [1.807, 2.05) is 37.3 Å². The number of aromatic amines is 1. The Morgan fingerprint density at radius 1 is 1.19 bits per heavy atom. The van der Waals surface area contributed by atoms with Crippen molar-refractivity contribution in [2.75, 3.05) is 22.9 Å². The summed E-state index contributed by atoms with van der Waals surface area (Å²) in [6.07, 6.45) is 2.48. The number of aryl methyl sites for hydroxylation is 1. The first kappa shape index (κ1) is 22.9. The number of H-pyrrole nitrogens is 1. The number of nitrogens with zero attached hydrogens (tertiary/aromatic N) is 1. The highest BCUT2D eigenvalue weighted by Gasteiger charge is 2.11. The number of para-hydroxylation sites is 1. The van der Waals surface area contributed by atoms with Gasteiger partial charge in [0.05, 0.1) is 5.56 Å². The number of hydrogen-bond acceptors (Lipinski definition) is 5. The number of urea groups is 1. The summed E-state index contributed by atoms with van der Waals surface area (Å²) in [5, 5.41) is 9.12. The Balaban J connectivity index is 1.68. The molecule has 31 heavy (non-hydrogen) atoms. The maximum absolute atomic E-state index is 12.5. The molecule has 0 aliphatic rings. The van der Waals surface area contributed by atoms with E-state index in [1.165, 1.54) is 6.20 Å². The van der Waals surface area contributed by atoms with E-state index in [0.29, 0.717) is 28.4 Å². The van der Waals surface area contributed by atoms with Crippen LogP contribution in [0.25, 0.3) is 11.1 Å². The monoisotopic (exact) mass is 457 g/mol.